The van der Waals surface area contributed by atoms with E-state index in [0.29, 0.717) is 6.42 Å². The van der Waals surface area contributed by atoms with Crippen LogP contribution in [0.15, 0.2) is 0 Å². The van der Waals surface area contributed by atoms with E-state index < -0.39 is 14.0 Å². The Morgan fingerprint density at radius 2 is 1.53 bits per heavy atom. The van der Waals surface area contributed by atoms with Crippen molar-refractivity contribution in [3.05, 3.63) is 0 Å². The van der Waals surface area contributed by atoms with Gasteiger partial charge in [-0.1, -0.05) is 0 Å². The van der Waals surface area contributed by atoms with Crippen molar-refractivity contribution in [1.29, 1.82) is 0 Å². The van der Waals surface area contributed by atoms with Crippen LogP contribution in [0.25, 0.3) is 0 Å². The second kappa shape index (κ2) is 7.73. The first-order valence-electron chi connectivity index (χ1n) is 5.80. The van der Waals surface area contributed by atoms with Crippen molar-refractivity contribution in [3.8, 4) is 0 Å². The molecule has 0 aliphatic rings. The maximum atomic E-state index is 10.7. The van der Waals surface area contributed by atoms with Gasteiger partial charge in [-0.2, -0.15) is 0 Å². The van der Waals surface area contributed by atoms with E-state index in [-0.39, 0.29) is 0 Å². The minimum absolute atomic E-state index is 0.570. The standard InChI is InChI=1S/C10H21O3S.Li/c1-10(2)8-6-4-3-5-7-9-14(11,12)13;/h9-10H,3-8H2,1-2H3,(H,11,12,13);. The van der Waals surface area contributed by atoms with Crippen molar-refractivity contribution in [2.24, 2.45) is 5.92 Å². The van der Waals surface area contributed by atoms with Crippen LogP contribution in [0.3, 0.4) is 0 Å². The van der Waals surface area contributed by atoms with Crippen LogP contribution in [-0.4, -0.2) is 34.6 Å². The van der Waals surface area contributed by atoms with Gasteiger partial charge in [-0.05, 0) is 0 Å². The van der Waals surface area contributed by atoms with Crippen molar-refractivity contribution in [2.45, 2.75) is 56.3 Å². The molecule has 86 valence electrons. The molecule has 1 N–H and O–H groups in total. The monoisotopic (exact) mass is 228 g/mol. The van der Waals surface area contributed by atoms with Crippen molar-refractivity contribution >= 4 is 27.8 Å². The van der Waals surface area contributed by atoms with Crippen LogP contribution in [0.5, 0.6) is 0 Å². The van der Waals surface area contributed by atoms with Gasteiger partial charge in [0.25, 0.3) is 0 Å². The van der Waals surface area contributed by atoms with E-state index in [1.54, 1.807) is 17.7 Å². The summed E-state index contributed by atoms with van der Waals surface area (Å²) in [5.41, 5.74) is 0. The average molecular weight is 228 g/mol. The molecule has 0 fully saturated rings. The Morgan fingerprint density at radius 3 is 1.93 bits per heavy atom. The third-order valence-electron chi connectivity index (χ3n) is 2.65. The molecular weight excluding hydrogens is 207 g/mol. The van der Waals surface area contributed by atoms with Gasteiger partial charge in [-0.3, -0.25) is 0 Å². The van der Waals surface area contributed by atoms with E-state index in [2.05, 4.69) is 13.8 Å². The molecule has 0 amide bonds. The van der Waals surface area contributed by atoms with E-state index in [9.17, 15) is 8.42 Å². The topological polar surface area (TPSA) is 54.4 Å². The fourth-order valence-electron chi connectivity index (χ4n) is 1.49. The molecule has 1 atom stereocenters. The Bertz CT molecular complexity index is 249. The molecule has 15 heavy (non-hydrogen) atoms. The van der Waals surface area contributed by atoms with Crippen LogP contribution in [0.4, 0.5) is 0 Å². The summed E-state index contributed by atoms with van der Waals surface area (Å²) in [6.07, 6.45) is 6.15. The normalized spacial score (nSPS) is 14.5. The summed E-state index contributed by atoms with van der Waals surface area (Å²) in [5.74, 6) is 0.752. The van der Waals surface area contributed by atoms with Gasteiger partial charge in [-0.15, -0.1) is 0 Å². The third kappa shape index (κ3) is 9.44. The predicted molar refractivity (Wildman–Crippen MR) is 63.6 cm³/mol. The fraction of sp³-hybridized carbons (Fsp3) is 1.00. The molecule has 0 aromatic rings. The molecule has 0 saturated heterocycles. The number of hydrogen-bond donors (Lipinski definition) is 1. The molecule has 3 nitrogen and oxygen atoms in total. The van der Waals surface area contributed by atoms with E-state index in [4.69, 9.17) is 4.55 Å². The van der Waals surface area contributed by atoms with Crippen LogP contribution in [-0.2, 0) is 10.1 Å². The summed E-state index contributed by atoms with van der Waals surface area (Å²) < 4.78 is 29.5. The SMILES string of the molecule is [Li][CH](CCCCCCC(C)C)S(=O)(=O)O. The van der Waals surface area contributed by atoms with Crippen molar-refractivity contribution in [1.82, 2.24) is 0 Å². The molecule has 0 heterocycles. The summed E-state index contributed by atoms with van der Waals surface area (Å²) in [7, 11) is -3.81. The van der Waals surface area contributed by atoms with Gasteiger partial charge in [0, 0.05) is 0 Å². The molecule has 1 unspecified atom stereocenters. The van der Waals surface area contributed by atoms with Crippen molar-refractivity contribution < 1.29 is 13.0 Å². The predicted octanol–water partition coefficient (Wildman–Crippen LogP) is 2.37. The summed E-state index contributed by atoms with van der Waals surface area (Å²) in [6, 6.07) is 0. The molecule has 0 radical (unpaired) electrons. The Kier molecular flexibility index (Phi) is 7.99. The Labute approximate surface area is 103 Å². The summed E-state index contributed by atoms with van der Waals surface area (Å²) >= 11 is 1.56. The minimum atomic E-state index is -3.81. The van der Waals surface area contributed by atoms with E-state index >= 15 is 0 Å². The van der Waals surface area contributed by atoms with Crippen LogP contribution < -0.4 is 0 Å². The molecule has 5 heteroatoms. The zero-order valence-electron chi connectivity index (χ0n) is 10.1. The van der Waals surface area contributed by atoms with Crippen LogP contribution in [0.1, 0.15) is 52.4 Å². The molecule has 0 aliphatic heterocycles. The molecule has 0 aromatic carbocycles. The van der Waals surface area contributed by atoms with Gasteiger partial charge < -0.3 is 0 Å². The fourth-order valence-corrected chi connectivity index (χ4v) is 1.95. The molecule has 0 saturated carbocycles. The van der Waals surface area contributed by atoms with Gasteiger partial charge in [0.2, 0.25) is 0 Å². The maximum absolute atomic E-state index is 10.7. The first kappa shape index (κ1) is 15.5. The van der Waals surface area contributed by atoms with Gasteiger partial charge in [0.1, 0.15) is 0 Å². The second-order valence-electron chi connectivity index (χ2n) is 4.71. The van der Waals surface area contributed by atoms with Crippen LogP contribution in [0.2, 0.25) is 0 Å². The van der Waals surface area contributed by atoms with Gasteiger partial charge in [0.05, 0.1) is 0 Å². The van der Waals surface area contributed by atoms with Gasteiger partial charge in [-0.25, -0.2) is 0 Å². The zero-order chi connectivity index (χ0) is 11.9. The first-order chi connectivity index (χ1) is 6.84. The molecule has 0 bridgehead atoms. The summed E-state index contributed by atoms with van der Waals surface area (Å²) in [5, 5.41) is 0. The van der Waals surface area contributed by atoms with Gasteiger partial charge >= 0.3 is 103 Å². The number of hydrogen-bond acceptors (Lipinski definition) is 2. The molecule has 0 aromatic heterocycles. The quantitative estimate of drug-likeness (QED) is 0.394. The Hall–Kier alpha value is 0.507. The molecular formula is C10H21LiO3S. The molecule has 0 aliphatic carbocycles. The summed E-state index contributed by atoms with van der Waals surface area (Å²) in [4.78, 5) is 0. The Balaban J connectivity index is 3.40. The zero-order valence-corrected chi connectivity index (χ0v) is 10.9. The molecule has 0 spiro atoms. The number of unbranched alkanes of at least 4 members (excludes halogenated alkanes) is 3. The van der Waals surface area contributed by atoms with E-state index in [1.165, 1.54) is 12.8 Å². The number of rotatable bonds is 8. The van der Waals surface area contributed by atoms with Crippen molar-refractivity contribution in [3.63, 3.8) is 0 Å². The average Bonchev–Trinajstić information content (AvgIpc) is 2.08. The summed E-state index contributed by atoms with van der Waals surface area (Å²) in [6.45, 7) is 4.42. The van der Waals surface area contributed by atoms with E-state index in [0.717, 1.165) is 25.2 Å². The van der Waals surface area contributed by atoms with Gasteiger partial charge in [0.15, 0.2) is 0 Å². The Morgan fingerprint density at radius 1 is 1.07 bits per heavy atom. The van der Waals surface area contributed by atoms with Crippen LogP contribution >= 0.6 is 0 Å². The first-order valence-corrected chi connectivity index (χ1v) is 7.30. The second-order valence-corrected chi connectivity index (χ2v) is 6.55. The molecule has 0 rings (SSSR count). The van der Waals surface area contributed by atoms with Crippen LogP contribution in [0, 0.1) is 5.92 Å². The van der Waals surface area contributed by atoms with Crippen molar-refractivity contribution in [2.75, 3.05) is 0 Å². The van der Waals surface area contributed by atoms with E-state index in [1.807, 2.05) is 0 Å². The third-order valence-corrected chi connectivity index (χ3v) is 3.90.